The maximum Gasteiger partial charge on any atom is 0.254 e. The van der Waals surface area contributed by atoms with Crippen LogP contribution >= 0.6 is 22.9 Å². The van der Waals surface area contributed by atoms with Gasteiger partial charge in [-0.3, -0.25) is 9.59 Å². The molecule has 5 nitrogen and oxygen atoms in total. The largest absolute Gasteiger partial charge is 0.491 e. The monoisotopic (exact) mass is 510 g/mol. The summed E-state index contributed by atoms with van der Waals surface area (Å²) in [6, 6.07) is 16.6. The number of ether oxygens (including phenoxy) is 1. The molecule has 0 N–H and O–H groups in total. The number of halogens is 1. The molecule has 0 bridgehead atoms. The number of carbonyl (C=O) groups is 2. The quantitative estimate of drug-likeness (QED) is 0.365. The summed E-state index contributed by atoms with van der Waals surface area (Å²) in [5.41, 5.74) is 2.68. The van der Waals surface area contributed by atoms with Gasteiger partial charge in [-0.1, -0.05) is 36.7 Å². The molecule has 184 valence electrons. The number of rotatable bonds is 8. The van der Waals surface area contributed by atoms with Gasteiger partial charge in [0.15, 0.2) is 0 Å². The zero-order valence-electron chi connectivity index (χ0n) is 20.4. The molecular formula is C28H31ClN2O3S. The van der Waals surface area contributed by atoms with Crippen LogP contribution in [0.4, 0.5) is 0 Å². The Labute approximate surface area is 216 Å². The van der Waals surface area contributed by atoms with E-state index >= 15 is 0 Å². The second-order valence-corrected chi connectivity index (χ2v) is 10.4. The highest BCUT2D eigenvalue weighted by Gasteiger charge is 2.34. The van der Waals surface area contributed by atoms with E-state index in [1.54, 1.807) is 28.4 Å². The molecule has 0 saturated carbocycles. The predicted molar refractivity (Wildman–Crippen MR) is 141 cm³/mol. The van der Waals surface area contributed by atoms with Gasteiger partial charge in [0.2, 0.25) is 5.91 Å². The Morgan fingerprint density at radius 1 is 1.17 bits per heavy atom. The molecule has 0 spiro atoms. The Hall–Kier alpha value is -2.83. The van der Waals surface area contributed by atoms with Gasteiger partial charge in [0.1, 0.15) is 18.9 Å². The molecule has 1 aliphatic rings. The molecule has 0 aliphatic carbocycles. The minimum atomic E-state index is -0.208. The summed E-state index contributed by atoms with van der Waals surface area (Å²) < 4.78 is 6.08. The number of fused-ring (bicyclic) bond motifs is 1. The number of carbonyl (C=O) groups excluding carboxylic acids is 2. The van der Waals surface area contributed by atoms with E-state index in [4.69, 9.17) is 16.3 Å². The average molecular weight is 511 g/mol. The fourth-order valence-electron chi connectivity index (χ4n) is 4.43. The van der Waals surface area contributed by atoms with Gasteiger partial charge in [-0.15, -0.1) is 11.3 Å². The first kappa shape index (κ1) is 25.3. The fraction of sp³-hybridized carbons (Fsp3) is 0.357. The van der Waals surface area contributed by atoms with E-state index < -0.39 is 0 Å². The van der Waals surface area contributed by atoms with E-state index in [0.717, 1.165) is 24.0 Å². The van der Waals surface area contributed by atoms with Gasteiger partial charge in [-0.2, -0.15) is 0 Å². The second-order valence-electron chi connectivity index (χ2n) is 8.92. The van der Waals surface area contributed by atoms with Crippen LogP contribution in [0.2, 0.25) is 5.02 Å². The Kier molecular flexibility index (Phi) is 8.14. The van der Waals surface area contributed by atoms with E-state index in [1.807, 2.05) is 62.1 Å². The molecule has 0 radical (unpaired) electrons. The normalized spacial score (nSPS) is 15.9. The topological polar surface area (TPSA) is 49.9 Å². The molecule has 4 rings (SSSR count). The number of amides is 2. The Balaban J connectivity index is 1.55. The fourth-order valence-corrected chi connectivity index (χ4v) is 5.49. The number of thiophene rings is 1. The number of hydrogen-bond acceptors (Lipinski definition) is 4. The van der Waals surface area contributed by atoms with Gasteiger partial charge in [0.05, 0.1) is 6.04 Å². The van der Waals surface area contributed by atoms with Crippen LogP contribution in [-0.4, -0.2) is 47.4 Å². The van der Waals surface area contributed by atoms with Crippen LogP contribution in [0.25, 0.3) is 0 Å². The number of hydrogen-bond donors (Lipinski definition) is 0. The van der Waals surface area contributed by atoms with Gasteiger partial charge in [0, 0.05) is 28.0 Å². The lowest BCUT2D eigenvalue weighted by molar-refractivity contribution is -0.136. The van der Waals surface area contributed by atoms with Crippen molar-refractivity contribution in [3.63, 3.8) is 0 Å². The van der Waals surface area contributed by atoms with Gasteiger partial charge >= 0.3 is 0 Å². The van der Waals surface area contributed by atoms with Crippen molar-refractivity contribution in [3.8, 4) is 5.75 Å². The Morgan fingerprint density at radius 2 is 1.91 bits per heavy atom. The summed E-state index contributed by atoms with van der Waals surface area (Å²) in [6.45, 7) is 6.95. The van der Waals surface area contributed by atoms with Gasteiger partial charge < -0.3 is 14.5 Å². The Bertz CT molecular complexity index is 1180. The third-order valence-corrected chi connectivity index (χ3v) is 7.95. The molecule has 1 aliphatic heterocycles. The molecule has 35 heavy (non-hydrogen) atoms. The molecule has 2 aromatic carbocycles. The number of benzene rings is 2. The van der Waals surface area contributed by atoms with Crippen LogP contribution < -0.4 is 4.74 Å². The van der Waals surface area contributed by atoms with Gasteiger partial charge in [0.25, 0.3) is 5.91 Å². The van der Waals surface area contributed by atoms with Crippen molar-refractivity contribution < 1.29 is 14.3 Å². The molecule has 2 amide bonds. The molecule has 0 saturated heterocycles. The zero-order valence-corrected chi connectivity index (χ0v) is 21.9. The van der Waals surface area contributed by atoms with Crippen LogP contribution in [-0.2, 0) is 11.2 Å². The van der Waals surface area contributed by atoms with Crippen molar-refractivity contribution in [1.29, 1.82) is 0 Å². The second kappa shape index (κ2) is 11.3. The van der Waals surface area contributed by atoms with Crippen molar-refractivity contribution in [3.05, 3.63) is 86.6 Å². The highest BCUT2D eigenvalue weighted by Crippen LogP contribution is 2.34. The van der Waals surface area contributed by atoms with Crippen molar-refractivity contribution in [1.82, 2.24) is 9.80 Å². The summed E-state index contributed by atoms with van der Waals surface area (Å²) in [4.78, 5) is 32.1. The van der Waals surface area contributed by atoms with Gasteiger partial charge in [-0.05, 0) is 79.6 Å². The molecule has 7 heteroatoms. The molecule has 1 aromatic heterocycles. The van der Waals surface area contributed by atoms with Crippen molar-refractivity contribution in [2.75, 3.05) is 19.7 Å². The molecule has 0 fully saturated rings. The van der Waals surface area contributed by atoms with Crippen LogP contribution in [0.3, 0.4) is 0 Å². The summed E-state index contributed by atoms with van der Waals surface area (Å²) in [5.74, 6) is 0.543. The van der Waals surface area contributed by atoms with Crippen molar-refractivity contribution >= 4 is 34.8 Å². The standard InChI is InChI=1S/C28H31ClN2O3S/c1-4-20(3)31(28(33)23-8-6-5-7-19(23)2)17-27(32)30-15-13-26-24(14-16-35-26)25(30)18-34-22-11-9-21(29)10-12-22/h5-12,14,16,20,25H,4,13,15,17-18H2,1-3H3/t20-,25+/m0/s1. The first-order chi connectivity index (χ1) is 16.9. The summed E-state index contributed by atoms with van der Waals surface area (Å²) >= 11 is 7.72. The van der Waals surface area contributed by atoms with Gasteiger partial charge in [-0.25, -0.2) is 0 Å². The summed E-state index contributed by atoms with van der Waals surface area (Å²) in [6.07, 6.45) is 1.58. The van der Waals surface area contributed by atoms with E-state index in [9.17, 15) is 9.59 Å². The highest BCUT2D eigenvalue weighted by atomic mass is 35.5. The molecule has 2 atom stereocenters. The smallest absolute Gasteiger partial charge is 0.254 e. The lowest BCUT2D eigenvalue weighted by Gasteiger charge is -2.38. The first-order valence-corrected chi connectivity index (χ1v) is 13.3. The zero-order chi connectivity index (χ0) is 24.9. The molecule has 2 heterocycles. The molecule has 3 aromatic rings. The lowest BCUT2D eigenvalue weighted by atomic mass is 10.00. The number of nitrogens with zero attached hydrogens (tertiary/aromatic N) is 2. The van der Waals surface area contributed by atoms with Crippen LogP contribution in [0.15, 0.2) is 60.0 Å². The lowest BCUT2D eigenvalue weighted by Crippen LogP contribution is -2.50. The first-order valence-electron chi connectivity index (χ1n) is 12.0. The van der Waals surface area contributed by atoms with Crippen LogP contribution in [0.1, 0.15) is 52.7 Å². The highest BCUT2D eigenvalue weighted by molar-refractivity contribution is 7.10. The van der Waals surface area contributed by atoms with E-state index in [1.165, 1.54) is 4.88 Å². The minimum absolute atomic E-state index is 0.0408. The van der Waals surface area contributed by atoms with Crippen molar-refractivity contribution in [2.24, 2.45) is 0 Å². The molecular weight excluding hydrogens is 480 g/mol. The third-order valence-electron chi connectivity index (χ3n) is 6.70. The van der Waals surface area contributed by atoms with E-state index in [0.29, 0.717) is 29.5 Å². The predicted octanol–water partition coefficient (Wildman–Crippen LogP) is 6.16. The minimum Gasteiger partial charge on any atom is -0.491 e. The van der Waals surface area contributed by atoms with E-state index in [2.05, 4.69) is 11.4 Å². The molecule has 0 unspecified atom stereocenters. The SMILES string of the molecule is CC[C@H](C)N(CC(=O)N1CCc2sccc2[C@H]1COc1ccc(Cl)cc1)C(=O)c1ccccc1C. The summed E-state index contributed by atoms with van der Waals surface area (Å²) in [5, 5.41) is 2.72. The van der Waals surface area contributed by atoms with Crippen LogP contribution in [0, 0.1) is 6.92 Å². The summed E-state index contributed by atoms with van der Waals surface area (Å²) in [7, 11) is 0. The maximum atomic E-state index is 13.7. The Morgan fingerprint density at radius 3 is 2.63 bits per heavy atom. The van der Waals surface area contributed by atoms with E-state index in [-0.39, 0.29) is 30.4 Å². The third kappa shape index (κ3) is 5.71. The average Bonchev–Trinajstić information content (AvgIpc) is 3.35. The van der Waals surface area contributed by atoms with Crippen molar-refractivity contribution in [2.45, 2.75) is 45.7 Å². The number of aryl methyl sites for hydroxylation is 1. The maximum absolute atomic E-state index is 13.7. The van der Waals surface area contributed by atoms with Crippen LogP contribution in [0.5, 0.6) is 5.75 Å².